The Hall–Kier alpha value is -1.55. The van der Waals surface area contributed by atoms with E-state index in [0.29, 0.717) is 16.9 Å². The third kappa shape index (κ3) is 5.23. The number of halogens is 1. The maximum Gasteiger partial charge on any atom is 0.311 e. The van der Waals surface area contributed by atoms with Crippen LogP contribution in [0.15, 0.2) is 24.3 Å². The Morgan fingerprint density at radius 2 is 1.92 bits per heavy atom. The molecule has 0 bridgehead atoms. The minimum atomic E-state index is -0.783. The van der Waals surface area contributed by atoms with Crippen LogP contribution >= 0.6 is 11.6 Å². The number of hydrogen-bond acceptors (Lipinski definition) is 3. The highest BCUT2D eigenvalue weighted by Crippen LogP contribution is 2.29. The molecule has 1 aliphatic carbocycles. The van der Waals surface area contributed by atoms with Gasteiger partial charge in [-0.05, 0) is 42.9 Å². The Morgan fingerprint density at radius 1 is 1.25 bits per heavy atom. The molecule has 1 aromatic carbocycles. The number of carbonyl (C=O) groups is 2. The molecule has 1 aromatic rings. The number of carbonyl (C=O) groups excluding carboxylic acids is 2. The zero-order chi connectivity index (χ0) is 17.7. The lowest BCUT2D eigenvalue weighted by molar-refractivity contribution is -0.154. The van der Waals surface area contributed by atoms with Crippen LogP contribution in [0.2, 0.25) is 5.02 Å². The SMILES string of the molecule is C[C@@H]1[C@H](C)CCC[C@H]1NC(=O)[C@@H](C)OC(=O)Cc1ccc(Cl)cc1. The van der Waals surface area contributed by atoms with Gasteiger partial charge < -0.3 is 10.1 Å². The average Bonchev–Trinajstić information content (AvgIpc) is 2.54. The molecule has 0 spiro atoms. The van der Waals surface area contributed by atoms with Crippen LogP contribution in [0.4, 0.5) is 0 Å². The number of hydrogen-bond donors (Lipinski definition) is 1. The predicted molar refractivity (Wildman–Crippen MR) is 94.8 cm³/mol. The monoisotopic (exact) mass is 351 g/mol. The highest BCUT2D eigenvalue weighted by atomic mass is 35.5. The van der Waals surface area contributed by atoms with Gasteiger partial charge in [0.15, 0.2) is 6.10 Å². The highest BCUT2D eigenvalue weighted by molar-refractivity contribution is 6.30. The van der Waals surface area contributed by atoms with E-state index >= 15 is 0 Å². The number of ether oxygens (including phenoxy) is 1. The Kier molecular flexibility index (Phi) is 6.67. The summed E-state index contributed by atoms with van der Waals surface area (Å²) in [7, 11) is 0. The summed E-state index contributed by atoms with van der Waals surface area (Å²) in [6.45, 7) is 6.01. The molecule has 0 radical (unpaired) electrons. The van der Waals surface area contributed by atoms with Gasteiger partial charge in [0.2, 0.25) is 0 Å². The fourth-order valence-corrected chi connectivity index (χ4v) is 3.27. The molecular weight excluding hydrogens is 326 g/mol. The van der Waals surface area contributed by atoms with Crippen LogP contribution < -0.4 is 5.32 Å². The third-order valence-corrected chi connectivity index (χ3v) is 5.23. The van der Waals surface area contributed by atoms with E-state index in [9.17, 15) is 9.59 Å². The molecule has 4 nitrogen and oxygen atoms in total. The lowest BCUT2D eigenvalue weighted by Crippen LogP contribution is -2.47. The van der Waals surface area contributed by atoms with Gasteiger partial charge in [0.05, 0.1) is 6.42 Å². The Balaban J connectivity index is 1.82. The van der Waals surface area contributed by atoms with Crippen molar-refractivity contribution in [3.05, 3.63) is 34.9 Å². The molecule has 132 valence electrons. The van der Waals surface area contributed by atoms with Crippen molar-refractivity contribution in [2.24, 2.45) is 11.8 Å². The topological polar surface area (TPSA) is 55.4 Å². The van der Waals surface area contributed by atoms with Crippen molar-refractivity contribution in [2.45, 2.75) is 58.6 Å². The maximum atomic E-state index is 12.3. The molecule has 0 saturated heterocycles. The van der Waals surface area contributed by atoms with Crippen LogP contribution in [0, 0.1) is 11.8 Å². The van der Waals surface area contributed by atoms with Gasteiger partial charge in [-0.15, -0.1) is 0 Å². The maximum absolute atomic E-state index is 12.3. The van der Waals surface area contributed by atoms with Gasteiger partial charge in [-0.3, -0.25) is 9.59 Å². The first-order valence-electron chi connectivity index (χ1n) is 8.61. The van der Waals surface area contributed by atoms with E-state index < -0.39 is 12.1 Å². The lowest BCUT2D eigenvalue weighted by atomic mass is 9.78. The van der Waals surface area contributed by atoms with Crippen molar-refractivity contribution in [1.29, 1.82) is 0 Å². The van der Waals surface area contributed by atoms with Crippen molar-refractivity contribution in [3.63, 3.8) is 0 Å². The molecule has 4 atom stereocenters. The zero-order valence-electron chi connectivity index (χ0n) is 14.5. The second-order valence-electron chi connectivity index (χ2n) is 6.82. The van der Waals surface area contributed by atoms with Crippen LogP contribution in [0.5, 0.6) is 0 Å². The quantitative estimate of drug-likeness (QED) is 0.822. The van der Waals surface area contributed by atoms with Gasteiger partial charge in [0, 0.05) is 11.1 Å². The first kappa shape index (κ1) is 18.8. The lowest BCUT2D eigenvalue weighted by Gasteiger charge is -2.35. The van der Waals surface area contributed by atoms with E-state index in [-0.39, 0.29) is 18.4 Å². The first-order chi connectivity index (χ1) is 11.4. The summed E-state index contributed by atoms with van der Waals surface area (Å²) in [5, 5.41) is 3.66. The number of esters is 1. The summed E-state index contributed by atoms with van der Waals surface area (Å²) >= 11 is 5.82. The van der Waals surface area contributed by atoms with Gasteiger partial charge >= 0.3 is 5.97 Å². The van der Waals surface area contributed by atoms with Crippen LogP contribution in [-0.4, -0.2) is 24.0 Å². The van der Waals surface area contributed by atoms with E-state index in [2.05, 4.69) is 19.2 Å². The van der Waals surface area contributed by atoms with Crippen molar-refractivity contribution in [1.82, 2.24) is 5.32 Å². The van der Waals surface area contributed by atoms with E-state index in [1.54, 1.807) is 31.2 Å². The van der Waals surface area contributed by atoms with E-state index in [0.717, 1.165) is 18.4 Å². The largest absolute Gasteiger partial charge is 0.452 e. The minimum absolute atomic E-state index is 0.131. The fourth-order valence-electron chi connectivity index (χ4n) is 3.15. The Labute approximate surface area is 148 Å². The van der Waals surface area contributed by atoms with Crippen molar-refractivity contribution in [3.8, 4) is 0 Å². The number of rotatable bonds is 5. The zero-order valence-corrected chi connectivity index (χ0v) is 15.3. The summed E-state index contributed by atoms with van der Waals surface area (Å²) in [4.78, 5) is 24.3. The number of nitrogens with one attached hydrogen (secondary N) is 1. The normalized spacial score (nSPS) is 24.9. The molecule has 1 saturated carbocycles. The minimum Gasteiger partial charge on any atom is -0.452 e. The molecular formula is C19H26ClNO3. The van der Waals surface area contributed by atoms with Crippen LogP contribution in [0.3, 0.4) is 0 Å². The van der Waals surface area contributed by atoms with Crippen molar-refractivity contribution < 1.29 is 14.3 Å². The molecule has 1 fully saturated rings. The number of benzene rings is 1. The highest BCUT2D eigenvalue weighted by Gasteiger charge is 2.30. The molecule has 1 N–H and O–H groups in total. The summed E-state index contributed by atoms with van der Waals surface area (Å²) in [5.41, 5.74) is 0.812. The van der Waals surface area contributed by atoms with Crippen LogP contribution in [-0.2, 0) is 20.7 Å². The van der Waals surface area contributed by atoms with Gasteiger partial charge in [0.25, 0.3) is 5.91 Å². The second kappa shape index (κ2) is 8.52. The molecule has 24 heavy (non-hydrogen) atoms. The van der Waals surface area contributed by atoms with Crippen molar-refractivity contribution >= 4 is 23.5 Å². The van der Waals surface area contributed by atoms with Crippen LogP contribution in [0.25, 0.3) is 0 Å². The molecule has 0 aromatic heterocycles. The predicted octanol–water partition coefficient (Wildman–Crippen LogP) is 3.76. The van der Waals surface area contributed by atoms with E-state index in [4.69, 9.17) is 16.3 Å². The van der Waals surface area contributed by atoms with E-state index in [1.165, 1.54) is 6.42 Å². The smallest absolute Gasteiger partial charge is 0.311 e. The van der Waals surface area contributed by atoms with Gasteiger partial charge in [-0.1, -0.05) is 50.4 Å². The summed E-state index contributed by atoms with van der Waals surface area (Å²) in [6, 6.07) is 7.18. The molecule has 5 heteroatoms. The summed E-state index contributed by atoms with van der Waals surface area (Å²) in [6.07, 6.45) is 2.67. The first-order valence-corrected chi connectivity index (χ1v) is 8.99. The standard InChI is InChI=1S/C19H26ClNO3/c1-12-5-4-6-17(13(12)2)21-19(23)14(3)24-18(22)11-15-7-9-16(20)10-8-15/h7-10,12-14,17H,4-6,11H2,1-3H3,(H,21,23)/t12-,13-,14-,17-/m1/s1. The van der Waals surface area contributed by atoms with Gasteiger partial charge in [0.1, 0.15) is 0 Å². The van der Waals surface area contributed by atoms with Gasteiger partial charge in [-0.25, -0.2) is 0 Å². The van der Waals surface area contributed by atoms with E-state index in [1.807, 2.05) is 0 Å². The molecule has 2 rings (SSSR count). The molecule has 0 unspecified atom stereocenters. The number of amides is 1. The Morgan fingerprint density at radius 3 is 2.58 bits per heavy atom. The molecule has 0 aliphatic heterocycles. The Bertz CT molecular complexity index is 572. The molecule has 1 aliphatic rings. The molecule has 0 heterocycles. The van der Waals surface area contributed by atoms with Gasteiger partial charge in [-0.2, -0.15) is 0 Å². The average molecular weight is 352 g/mol. The van der Waals surface area contributed by atoms with Crippen molar-refractivity contribution in [2.75, 3.05) is 0 Å². The summed E-state index contributed by atoms with van der Waals surface area (Å²) in [5.74, 6) is 0.418. The second-order valence-corrected chi connectivity index (χ2v) is 7.25. The third-order valence-electron chi connectivity index (χ3n) is 4.97. The summed E-state index contributed by atoms with van der Waals surface area (Å²) < 4.78 is 5.27. The molecule has 1 amide bonds. The fraction of sp³-hybridized carbons (Fsp3) is 0.579. The van der Waals surface area contributed by atoms with Crippen LogP contribution in [0.1, 0.15) is 45.6 Å².